The molecule has 0 aliphatic heterocycles. The molecule has 13 heteroatoms. The summed E-state index contributed by atoms with van der Waals surface area (Å²) < 4.78 is 32.5. The molecule has 0 bridgehead atoms. The molecule has 1 unspecified atom stereocenters. The van der Waals surface area contributed by atoms with E-state index in [0.717, 1.165) is 25.7 Å². The first-order chi connectivity index (χ1) is 29.5. The molecule has 12 nitrogen and oxygen atoms in total. The van der Waals surface area contributed by atoms with E-state index in [0.29, 0.717) is 38.5 Å². The fourth-order valence-corrected chi connectivity index (χ4v) is 5.94. The van der Waals surface area contributed by atoms with Gasteiger partial charge in [0.15, 0.2) is 6.10 Å². The second-order valence-electron chi connectivity index (χ2n) is 14.4. The van der Waals surface area contributed by atoms with Gasteiger partial charge in [0.2, 0.25) is 0 Å². The predicted molar refractivity (Wildman–Crippen MR) is 244 cm³/mol. The molecule has 0 saturated carbocycles. The molecule has 0 spiro atoms. The van der Waals surface area contributed by atoms with Gasteiger partial charge in [0.1, 0.15) is 12.7 Å². The maximum Gasteiger partial charge on any atom is 0.472 e. The smallest absolute Gasteiger partial charge is 0.462 e. The molecule has 0 aliphatic carbocycles. The topological polar surface area (TPSA) is 189 Å². The van der Waals surface area contributed by atoms with Crippen molar-refractivity contribution in [1.82, 2.24) is 0 Å². The van der Waals surface area contributed by atoms with Crippen molar-refractivity contribution in [3.8, 4) is 0 Å². The van der Waals surface area contributed by atoms with Crippen LogP contribution in [0.15, 0.2) is 109 Å². The molecule has 0 rings (SSSR count). The molecule has 0 aliphatic rings. The summed E-state index contributed by atoms with van der Waals surface area (Å²) in [7, 11) is -4.68. The number of phosphoric acid groups is 1. The molecule has 61 heavy (non-hydrogen) atoms. The van der Waals surface area contributed by atoms with Crippen LogP contribution in [0.4, 0.5) is 0 Å². The van der Waals surface area contributed by atoms with E-state index >= 15 is 0 Å². The number of hydrogen-bond acceptors (Lipinski definition) is 11. The van der Waals surface area contributed by atoms with Crippen LogP contribution >= 0.6 is 7.82 Å². The van der Waals surface area contributed by atoms with Crippen LogP contribution in [0.25, 0.3) is 0 Å². The van der Waals surface area contributed by atoms with Gasteiger partial charge in [-0.25, -0.2) is 4.57 Å². The average molecular weight is 877 g/mol. The normalized spacial score (nSPS) is 15.9. The van der Waals surface area contributed by atoms with Gasteiger partial charge in [0, 0.05) is 12.8 Å². The first-order valence-corrected chi connectivity index (χ1v) is 23.6. The van der Waals surface area contributed by atoms with E-state index < -0.39 is 70.6 Å². The SMILES string of the molecule is CC/C=C\C[C@@H](O)/C=C/C=C\C=C\[C@@H](O)C/C=C\C/C=C\CCC(=O)OC[C@H](COP(=O)(O)OC[C@@H](O)CO)OC(=O)CCC/C=C\C/C=C\C/C=C\CCCCCCCC. The molecule has 0 fully saturated rings. The lowest BCUT2D eigenvalue weighted by atomic mass is 10.1. The predicted octanol–water partition coefficient (Wildman–Crippen LogP) is 9.72. The zero-order chi connectivity index (χ0) is 45.1. The Bertz CT molecular complexity index is 1410. The van der Waals surface area contributed by atoms with Gasteiger partial charge in [-0.3, -0.25) is 18.6 Å². The number of phosphoric ester groups is 1. The Labute approximate surface area is 366 Å². The minimum absolute atomic E-state index is 0.0426. The number of aliphatic hydroxyl groups excluding tert-OH is 4. The van der Waals surface area contributed by atoms with Crippen LogP contribution in [-0.2, 0) is 32.7 Å². The van der Waals surface area contributed by atoms with Crippen LogP contribution < -0.4 is 0 Å². The fourth-order valence-electron chi connectivity index (χ4n) is 5.15. The second-order valence-corrected chi connectivity index (χ2v) is 15.8. The Hall–Kier alpha value is -3.45. The number of aliphatic hydroxyl groups is 4. The van der Waals surface area contributed by atoms with E-state index in [9.17, 15) is 34.4 Å². The minimum atomic E-state index is -4.68. The molecule has 0 saturated heterocycles. The number of allylic oxidation sites excluding steroid dienone is 14. The van der Waals surface area contributed by atoms with Crippen molar-refractivity contribution >= 4 is 19.8 Å². The van der Waals surface area contributed by atoms with Crippen LogP contribution in [0.2, 0.25) is 0 Å². The van der Waals surface area contributed by atoms with Crippen molar-refractivity contribution in [1.29, 1.82) is 0 Å². The zero-order valence-electron chi connectivity index (χ0n) is 36.8. The third-order valence-corrected chi connectivity index (χ3v) is 9.54. The van der Waals surface area contributed by atoms with Gasteiger partial charge in [-0.2, -0.15) is 0 Å². The quantitative estimate of drug-likeness (QED) is 0.0129. The van der Waals surface area contributed by atoms with E-state index in [-0.39, 0.29) is 12.8 Å². The van der Waals surface area contributed by atoms with Crippen LogP contribution in [0.1, 0.15) is 129 Å². The monoisotopic (exact) mass is 877 g/mol. The van der Waals surface area contributed by atoms with Gasteiger partial charge in [-0.1, -0.05) is 155 Å². The van der Waals surface area contributed by atoms with Crippen molar-refractivity contribution in [2.75, 3.05) is 26.4 Å². The van der Waals surface area contributed by atoms with Gasteiger partial charge in [-0.15, -0.1) is 0 Å². The van der Waals surface area contributed by atoms with Gasteiger partial charge < -0.3 is 34.8 Å². The molecule has 0 aromatic heterocycles. The maximum atomic E-state index is 12.6. The first-order valence-electron chi connectivity index (χ1n) is 22.1. The second kappa shape index (κ2) is 41.9. The first kappa shape index (κ1) is 57.5. The Morgan fingerprint density at radius 3 is 1.70 bits per heavy atom. The molecule has 5 atom stereocenters. The summed E-state index contributed by atoms with van der Waals surface area (Å²) in [6.07, 6.45) is 45.7. The average Bonchev–Trinajstić information content (AvgIpc) is 3.24. The summed E-state index contributed by atoms with van der Waals surface area (Å²) >= 11 is 0. The lowest BCUT2D eigenvalue weighted by Gasteiger charge is -2.20. The summed E-state index contributed by atoms with van der Waals surface area (Å²) in [4.78, 5) is 35.0. The summed E-state index contributed by atoms with van der Waals surface area (Å²) in [6.45, 7) is 1.90. The number of carbonyl (C=O) groups excluding carboxylic acids is 2. The van der Waals surface area contributed by atoms with Crippen molar-refractivity contribution < 1.29 is 58.0 Å². The standard InChI is InChI=1S/C48H77O12P/c1-3-5-7-8-9-10-11-12-13-14-15-16-17-18-19-24-32-38-48(54)60-46(42-59-61(55,56)58-40-45(52)39-49)41-57-47(53)37-31-23-21-20-22-28-34-44(51)36-30-26-25-29-35-43(50)33-27-6-4-2/h6,12-13,15-16,18-19,21-23,25-30,35-36,43-46,49-52H,3-5,7-11,14,17,20,24,31-34,37-42H2,1-2H3,(H,55,56)/b13-12-,16-15-,19-18-,23-21-,26-25-,27-6-,28-22-,35-29+,36-30+/t43-,44+,45+,46-/m1/s1. The number of unbranched alkanes of at least 4 members (excludes halogenated alkanes) is 7. The molecular formula is C48H77O12P. The largest absolute Gasteiger partial charge is 0.472 e. The van der Waals surface area contributed by atoms with E-state index in [4.69, 9.17) is 19.1 Å². The molecule has 0 aromatic carbocycles. The Balaban J connectivity index is 4.62. The third kappa shape index (κ3) is 41.7. The number of ether oxygens (including phenoxy) is 2. The molecular weight excluding hydrogens is 799 g/mol. The summed E-state index contributed by atoms with van der Waals surface area (Å²) in [6, 6.07) is 0. The maximum absolute atomic E-state index is 12.6. The Kier molecular flexibility index (Phi) is 39.5. The Morgan fingerprint density at radius 2 is 1.10 bits per heavy atom. The summed E-state index contributed by atoms with van der Waals surface area (Å²) in [5.41, 5.74) is 0. The van der Waals surface area contributed by atoms with E-state index in [1.54, 1.807) is 36.5 Å². The number of carbonyl (C=O) groups is 2. The highest BCUT2D eigenvalue weighted by Gasteiger charge is 2.27. The lowest BCUT2D eigenvalue weighted by molar-refractivity contribution is -0.161. The fraction of sp³-hybridized carbons (Fsp3) is 0.583. The van der Waals surface area contributed by atoms with Gasteiger partial charge in [0.05, 0.1) is 32.0 Å². The van der Waals surface area contributed by atoms with Crippen molar-refractivity contribution in [3.63, 3.8) is 0 Å². The molecule has 0 radical (unpaired) electrons. The Morgan fingerprint density at radius 1 is 0.574 bits per heavy atom. The highest BCUT2D eigenvalue weighted by molar-refractivity contribution is 7.47. The highest BCUT2D eigenvalue weighted by Crippen LogP contribution is 2.43. The molecule has 5 N–H and O–H groups in total. The number of esters is 2. The van der Waals surface area contributed by atoms with E-state index in [1.165, 1.54) is 38.5 Å². The van der Waals surface area contributed by atoms with Crippen LogP contribution in [0.5, 0.6) is 0 Å². The van der Waals surface area contributed by atoms with Crippen molar-refractivity contribution in [2.24, 2.45) is 0 Å². The zero-order valence-corrected chi connectivity index (χ0v) is 37.7. The highest BCUT2D eigenvalue weighted by atomic mass is 31.2. The molecule has 0 heterocycles. The minimum Gasteiger partial charge on any atom is -0.462 e. The van der Waals surface area contributed by atoms with Gasteiger partial charge in [-0.05, 0) is 70.6 Å². The van der Waals surface area contributed by atoms with Crippen LogP contribution in [-0.4, -0.2) is 88.1 Å². The van der Waals surface area contributed by atoms with E-state index in [2.05, 4.69) is 35.8 Å². The van der Waals surface area contributed by atoms with E-state index in [1.807, 2.05) is 55.5 Å². The van der Waals surface area contributed by atoms with Crippen LogP contribution in [0, 0.1) is 0 Å². The molecule has 0 amide bonds. The van der Waals surface area contributed by atoms with Gasteiger partial charge in [0.25, 0.3) is 0 Å². The molecule has 0 aromatic rings. The van der Waals surface area contributed by atoms with Crippen LogP contribution in [0.3, 0.4) is 0 Å². The third-order valence-electron chi connectivity index (χ3n) is 8.59. The number of hydrogen-bond donors (Lipinski definition) is 5. The van der Waals surface area contributed by atoms with Crippen molar-refractivity contribution in [2.45, 2.75) is 154 Å². The van der Waals surface area contributed by atoms with Crippen molar-refractivity contribution in [3.05, 3.63) is 109 Å². The lowest BCUT2D eigenvalue weighted by Crippen LogP contribution is -2.29. The summed E-state index contributed by atoms with van der Waals surface area (Å²) in [5, 5.41) is 38.3. The summed E-state index contributed by atoms with van der Waals surface area (Å²) in [5.74, 6) is -1.17. The number of rotatable bonds is 39. The van der Waals surface area contributed by atoms with Gasteiger partial charge >= 0.3 is 19.8 Å². The molecule has 346 valence electrons.